The summed E-state index contributed by atoms with van der Waals surface area (Å²) in [5.41, 5.74) is 12.2. The van der Waals surface area contributed by atoms with Crippen molar-refractivity contribution in [3.05, 3.63) is 29.6 Å². The fourth-order valence-electron chi connectivity index (χ4n) is 2.50. The van der Waals surface area contributed by atoms with Crippen molar-refractivity contribution in [2.45, 2.75) is 31.8 Å². The zero-order valence-corrected chi connectivity index (χ0v) is 10.2. The number of hydrogen-bond donors (Lipinski definition) is 2. The fraction of sp³-hybridized carbons (Fsp3) is 0.462. The molecule has 0 aliphatic carbocycles. The van der Waals surface area contributed by atoms with E-state index >= 15 is 0 Å². The van der Waals surface area contributed by atoms with E-state index < -0.39 is 0 Å². The Morgan fingerprint density at radius 3 is 2.83 bits per heavy atom. The number of benzene rings is 1. The molecule has 0 bridgehead atoms. The number of halogens is 1. The molecule has 1 aliphatic rings. The van der Waals surface area contributed by atoms with Gasteiger partial charge in [0.15, 0.2) is 0 Å². The molecule has 18 heavy (non-hydrogen) atoms. The molecule has 1 saturated heterocycles. The zero-order valence-electron chi connectivity index (χ0n) is 10.2. The Labute approximate surface area is 106 Å². The number of hydrogen-bond acceptors (Lipinski definition) is 3. The van der Waals surface area contributed by atoms with Crippen LogP contribution >= 0.6 is 0 Å². The van der Waals surface area contributed by atoms with Crippen LogP contribution in [0.2, 0.25) is 0 Å². The Hall–Kier alpha value is -1.62. The largest absolute Gasteiger partial charge is 0.399 e. The van der Waals surface area contributed by atoms with Gasteiger partial charge >= 0.3 is 0 Å². The predicted molar refractivity (Wildman–Crippen MR) is 68.1 cm³/mol. The van der Waals surface area contributed by atoms with Crippen molar-refractivity contribution < 1.29 is 9.18 Å². The third-order valence-corrected chi connectivity index (χ3v) is 3.31. The number of amides is 1. The summed E-state index contributed by atoms with van der Waals surface area (Å²) in [6.07, 6.45) is 2.82. The van der Waals surface area contributed by atoms with Crippen LogP contribution in [0.1, 0.15) is 24.8 Å². The second kappa shape index (κ2) is 5.35. The number of nitrogens with two attached hydrogens (primary N) is 2. The van der Waals surface area contributed by atoms with E-state index in [4.69, 9.17) is 11.5 Å². The number of primary amides is 1. The van der Waals surface area contributed by atoms with E-state index in [2.05, 4.69) is 0 Å². The van der Waals surface area contributed by atoms with Crippen molar-refractivity contribution in [3.8, 4) is 0 Å². The monoisotopic (exact) mass is 251 g/mol. The Bertz CT molecular complexity index is 430. The predicted octanol–water partition coefficient (Wildman–Crippen LogP) is 1.25. The number of carbonyl (C=O) groups is 1. The van der Waals surface area contributed by atoms with Gasteiger partial charge in [0.2, 0.25) is 5.91 Å². The molecular formula is C13H18FN3O. The number of nitrogen functional groups attached to an aromatic ring is 1. The molecule has 1 heterocycles. The minimum atomic E-state index is -0.349. The van der Waals surface area contributed by atoms with E-state index in [0.717, 1.165) is 31.4 Å². The molecule has 0 aromatic heterocycles. The van der Waals surface area contributed by atoms with Gasteiger partial charge in [-0.2, -0.15) is 0 Å². The number of likely N-dealkylation sites (tertiary alicyclic amines) is 1. The van der Waals surface area contributed by atoms with E-state index in [-0.39, 0.29) is 17.8 Å². The molecule has 1 unspecified atom stereocenters. The van der Waals surface area contributed by atoms with Crippen molar-refractivity contribution in [2.75, 3.05) is 12.3 Å². The first-order valence-corrected chi connectivity index (χ1v) is 6.14. The van der Waals surface area contributed by atoms with Crippen LogP contribution in [-0.4, -0.2) is 23.4 Å². The third kappa shape index (κ3) is 2.98. The van der Waals surface area contributed by atoms with E-state index in [1.807, 2.05) is 4.90 Å². The highest BCUT2D eigenvalue weighted by atomic mass is 19.1. The van der Waals surface area contributed by atoms with Crippen LogP contribution in [0.25, 0.3) is 0 Å². The molecule has 2 rings (SSSR count). The minimum Gasteiger partial charge on any atom is -0.399 e. The SMILES string of the molecule is NC(=O)C1CCCCN1Cc1cc(N)cc(F)c1. The van der Waals surface area contributed by atoms with E-state index in [1.165, 1.54) is 12.1 Å². The van der Waals surface area contributed by atoms with Gasteiger partial charge < -0.3 is 11.5 Å². The van der Waals surface area contributed by atoms with E-state index in [0.29, 0.717) is 12.2 Å². The highest BCUT2D eigenvalue weighted by Crippen LogP contribution is 2.21. The number of piperidine rings is 1. The van der Waals surface area contributed by atoms with E-state index in [1.54, 1.807) is 6.07 Å². The smallest absolute Gasteiger partial charge is 0.234 e. The summed E-state index contributed by atoms with van der Waals surface area (Å²) in [5.74, 6) is -0.656. The second-order valence-electron chi connectivity index (χ2n) is 4.78. The first-order chi connectivity index (χ1) is 8.56. The average molecular weight is 251 g/mol. The van der Waals surface area contributed by atoms with Crippen LogP contribution in [0.4, 0.5) is 10.1 Å². The lowest BCUT2D eigenvalue weighted by Gasteiger charge is -2.33. The maximum absolute atomic E-state index is 13.2. The maximum Gasteiger partial charge on any atom is 0.234 e. The van der Waals surface area contributed by atoms with Gasteiger partial charge in [-0.1, -0.05) is 6.42 Å². The Morgan fingerprint density at radius 2 is 2.17 bits per heavy atom. The molecule has 1 aliphatic heterocycles. The minimum absolute atomic E-state index is 0.247. The molecule has 1 aromatic rings. The summed E-state index contributed by atoms with van der Waals surface area (Å²) in [4.78, 5) is 13.4. The molecule has 1 fully saturated rings. The molecule has 0 saturated carbocycles. The summed E-state index contributed by atoms with van der Waals surface area (Å²) < 4.78 is 13.2. The summed E-state index contributed by atoms with van der Waals surface area (Å²) >= 11 is 0. The molecular weight excluding hydrogens is 233 g/mol. The van der Waals surface area contributed by atoms with Gasteiger partial charge in [0.1, 0.15) is 5.82 Å². The van der Waals surface area contributed by atoms with Crippen LogP contribution in [0.3, 0.4) is 0 Å². The molecule has 0 radical (unpaired) electrons. The highest BCUT2D eigenvalue weighted by molar-refractivity contribution is 5.79. The van der Waals surface area contributed by atoms with Gasteiger partial charge in [0.25, 0.3) is 0 Å². The summed E-state index contributed by atoms with van der Waals surface area (Å²) in [6, 6.07) is 4.22. The van der Waals surface area contributed by atoms with Crippen molar-refractivity contribution in [3.63, 3.8) is 0 Å². The number of carbonyl (C=O) groups excluding carboxylic acids is 1. The molecule has 98 valence electrons. The van der Waals surface area contributed by atoms with Crippen LogP contribution in [-0.2, 0) is 11.3 Å². The second-order valence-corrected chi connectivity index (χ2v) is 4.78. The van der Waals surface area contributed by atoms with Gasteiger partial charge in [0.05, 0.1) is 6.04 Å². The first kappa shape index (κ1) is 12.8. The lowest BCUT2D eigenvalue weighted by atomic mass is 10.0. The van der Waals surface area contributed by atoms with Gasteiger partial charge in [-0.25, -0.2) is 4.39 Å². The van der Waals surface area contributed by atoms with Crippen LogP contribution in [0, 0.1) is 5.82 Å². The van der Waals surface area contributed by atoms with Gasteiger partial charge in [0, 0.05) is 12.2 Å². The van der Waals surface area contributed by atoms with Crippen molar-refractivity contribution in [2.24, 2.45) is 5.73 Å². The summed E-state index contributed by atoms with van der Waals surface area (Å²) in [5, 5.41) is 0. The normalized spacial score (nSPS) is 20.8. The number of nitrogens with zero attached hydrogens (tertiary/aromatic N) is 1. The highest BCUT2D eigenvalue weighted by Gasteiger charge is 2.26. The number of rotatable bonds is 3. The zero-order chi connectivity index (χ0) is 13.1. The quantitative estimate of drug-likeness (QED) is 0.794. The van der Waals surface area contributed by atoms with Crippen molar-refractivity contribution in [1.29, 1.82) is 0 Å². The summed E-state index contributed by atoms with van der Waals surface area (Å²) in [6.45, 7) is 1.32. The Kier molecular flexibility index (Phi) is 3.81. The van der Waals surface area contributed by atoms with Crippen LogP contribution in [0.5, 0.6) is 0 Å². The van der Waals surface area contributed by atoms with Crippen molar-refractivity contribution in [1.82, 2.24) is 4.90 Å². The van der Waals surface area contributed by atoms with Crippen LogP contribution < -0.4 is 11.5 Å². The lowest BCUT2D eigenvalue weighted by Crippen LogP contribution is -2.47. The van der Waals surface area contributed by atoms with Crippen molar-refractivity contribution >= 4 is 11.6 Å². The molecule has 1 atom stereocenters. The fourth-order valence-corrected chi connectivity index (χ4v) is 2.50. The number of anilines is 1. The van der Waals surface area contributed by atoms with Gasteiger partial charge in [-0.05, 0) is 43.1 Å². The molecule has 1 aromatic carbocycles. The van der Waals surface area contributed by atoms with Gasteiger partial charge in [-0.3, -0.25) is 9.69 Å². The average Bonchev–Trinajstić information content (AvgIpc) is 2.27. The van der Waals surface area contributed by atoms with Gasteiger partial charge in [-0.15, -0.1) is 0 Å². The molecule has 4 N–H and O–H groups in total. The first-order valence-electron chi connectivity index (χ1n) is 6.14. The third-order valence-electron chi connectivity index (χ3n) is 3.31. The standard InChI is InChI=1S/C13H18FN3O/c14-10-5-9(6-11(15)7-10)8-17-4-2-1-3-12(17)13(16)18/h5-7,12H,1-4,8,15H2,(H2,16,18). The molecule has 4 nitrogen and oxygen atoms in total. The maximum atomic E-state index is 13.2. The molecule has 0 spiro atoms. The summed E-state index contributed by atoms with van der Waals surface area (Å²) in [7, 11) is 0. The molecule has 5 heteroatoms. The lowest BCUT2D eigenvalue weighted by molar-refractivity contribution is -0.124. The Morgan fingerprint density at radius 1 is 1.39 bits per heavy atom. The van der Waals surface area contributed by atoms with E-state index in [9.17, 15) is 9.18 Å². The molecule has 1 amide bonds. The van der Waals surface area contributed by atoms with Crippen LogP contribution in [0.15, 0.2) is 18.2 Å². The topological polar surface area (TPSA) is 72.4 Å². The Balaban J connectivity index is 2.13.